The Morgan fingerprint density at radius 1 is 1.08 bits per heavy atom. The Hall–Kier alpha value is -4.17. The summed E-state index contributed by atoms with van der Waals surface area (Å²) in [6.45, 7) is 3.07. The molecule has 37 heavy (non-hydrogen) atoms. The molecule has 0 aliphatic heterocycles. The molecule has 190 valence electrons. The summed E-state index contributed by atoms with van der Waals surface area (Å²) < 4.78 is 40.3. The van der Waals surface area contributed by atoms with Crippen LogP contribution in [0.4, 0.5) is 11.4 Å². The number of nitrogens with zero attached hydrogens (tertiary/aromatic N) is 3. The number of amides is 1. The van der Waals surface area contributed by atoms with E-state index in [1.54, 1.807) is 61.0 Å². The summed E-state index contributed by atoms with van der Waals surface area (Å²) in [6, 6.07) is 11.7. The third kappa shape index (κ3) is 4.56. The lowest BCUT2D eigenvalue weighted by atomic mass is 10.1. The number of sulfonamides is 1. The van der Waals surface area contributed by atoms with Gasteiger partial charge in [0.15, 0.2) is 16.5 Å². The number of hydrogen-bond donors (Lipinski definition) is 3. The van der Waals surface area contributed by atoms with Crippen LogP contribution >= 0.6 is 15.9 Å². The second-order valence-corrected chi connectivity index (χ2v) is 10.7. The number of fused-ring (bicyclic) bond motifs is 1. The molecular weight excluding hydrogens is 568 g/mol. The zero-order valence-corrected chi connectivity index (χ0v) is 22.0. The average Bonchev–Trinajstić information content (AvgIpc) is 3.52. The van der Waals surface area contributed by atoms with Crippen molar-refractivity contribution in [3.8, 4) is 11.4 Å². The Labute approximate surface area is 217 Å². The van der Waals surface area contributed by atoms with Gasteiger partial charge in [0.2, 0.25) is 0 Å². The summed E-state index contributed by atoms with van der Waals surface area (Å²) in [5.41, 5.74) is 2.36. The van der Waals surface area contributed by atoms with Crippen molar-refractivity contribution >= 4 is 54.1 Å². The fourth-order valence-corrected chi connectivity index (χ4v) is 5.77. The molecule has 0 radical (unpaired) electrons. The van der Waals surface area contributed by atoms with E-state index < -0.39 is 21.7 Å². The summed E-state index contributed by atoms with van der Waals surface area (Å²) in [4.78, 5) is 27.1. The Morgan fingerprint density at radius 2 is 1.86 bits per heavy atom. The molecule has 3 heterocycles. The van der Waals surface area contributed by atoms with Crippen molar-refractivity contribution in [3.63, 3.8) is 0 Å². The maximum atomic E-state index is 13.2. The molecule has 5 rings (SSSR count). The highest BCUT2D eigenvalue weighted by Crippen LogP contribution is 2.30. The van der Waals surface area contributed by atoms with Crippen molar-refractivity contribution in [1.29, 1.82) is 0 Å². The second kappa shape index (κ2) is 9.05. The van der Waals surface area contributed by atoms with E-state index in [1.807, 2.05) is 0 Å². The molecule has 0 saturated heterocycles. The number of aryl methyl sites for hydroxylation is 3. The molecule has 3 N–H and O–H groups in total. The van der Waals surface area contributed by atoms with Crippen LogP contribution in [0.2, 0.25) is 0 Å². The molecule has 0 spiro atoms. The number of aromatic nitrogens is 4. The maximum absolute atomic E-state index is 13.2. The molecule has 0 aliphatic carbocycles. The van der Waals surface area contributed by atoms with Crippen molar-refractivity contribution in [2.45, 2.75) is 18.7 Å². The zero-order chi connectivity index (χ0) is 26.5. The standard InChI is InChI=1S/C23H19BrN6O6S/c1-11-20(12(2)35-27-11)37(33,34)29-15-6-4-13-8-19(30(3)18(13)10-15)22(31)25-17-7-5-14(24)9-16(17)21-26-23(32)36-28-21/h4-10,29H,1-3H3,(H,25,31)(H,26,28,32). The van der Waals surface area contributed by atoms with Crippen LogP contribution in [-0.4, -0.2) is 34.2 Å². The number of carbonyl (C=O) groups excluding carboxylic acids is 1. The lowest BCUT2D eigenvalue weighted by Crippen LogP contribution is -2.16. The predicted octanol–water partition coefficient (Wildman–Crippen LogP) is 3.94. The summed E-state index contributed by atoms with van der Waals surface area (Å²) >= 11 is 3.37. The number of halogens is 1. The minimum atomic E-state index is -3.93. The highest BCUT2D eigenvalue weighted by Gasteiger charge is 2.25. The number of H-pyrrole nitrogens is 1. The topological polar surface area (TPSA) is 165 Å². The number of nitrogens with one attached hydrogen (secondary N) is 3. The van der Waals surface area contributed by atoms with Crippen molar-refractivity contribution < 1.29 is 22.3 Å². The fraction of sp³-hybridized carbons (Fsp3) is 0.130. The van der Waals surface area contributed by atoms with Gasteiger partial charge in [-0.05, 0) is 50.2 Å². The number of carbonyl (C=O) groups is 1. The van der Waals surface area contributed by atoms with E-state index in [9.17, 15) is 18.0 Å². The summed E-state index contributed by atoms with van der Waals surface area (Å²) in [5.74, 6) is -0.799. The van der Waals surface area contributed by atoms with Crippen LogP contribution in [0.25, 0.3) is 22.3 Å². The first-order chi connectivity index (χ1) is 17.5. The van der Waals surface area contributed by atoms with E-state index in [0.717, 1.165) is 5.39 Å². The smallest absolute Gasteiger partial charge is 0.360 e. The molecule has 0 fully saturated rings. The first-order valence-corrected chi connectivity index (χ1v) is 13.0. The molecule has 2 aromatic carbocycles. The third-order valence-electron chi connectivity index (χ3n) is 5.69. The molecule has 1 amide bonds. The molecule has 0 atom stereocenters. The van der Waals surface area contributed by atoms with Crippen molar-refractivity contribution in [2.75, 3.05) is 10.0 Å². The molecule has 0 unspecified atom stereocenters. The van der Waals surface area contributed by atoms with Crippen LogP contribution in [0.15, 0.2) is 65.7 Å². The van der Waals surface area contributed by atoms with Crippen LogP contribution in [0.1, 0.15) is 21.9 Å². The number of benzene rings is 2. The van der Waals surface area contributed by atoms with Crippen LogP contribution in [0.5, 0.6) is 0 Å². The molecular formula is C23H19BrN6O6S. The summed E-state index contributed by atoms with van der Waals surface area (Å²) in [6.07, 6.45) is 0. The molecule has 0 aliphatic rings. The minimum absolute atomic E-state index is 0.0155. The van der Waals surface area contributed by atoms with E-state index in [4.69, 9.17) is 4.52 Å². The van der Waals surface area contributed by atoms with Gasteiger partial charge in [-0.25, -0.2) is 13.2 Å². The van der Waals surface area contributed by atoms with Gasteiger partial charge in [-0.3, -0.25) is 19.0 Å². The Bertz CT molecular complexity index is 1830. The predicted molar refractivity (Wildman–Crippen MR) is 138 cm³/mol. The SMILES string of the molecule is Cc1noc(C)c1S(=O)(=O)Nc1ccc2cc(C(=O)Nc3ccc(Br)cc3-c3noc(=O)[nH]3)n(C)c2c1. The van der Waals surface area contributed by atoms with Crippen LogP contribution in [-0.2, 0) is 17.1 Å². The van der Waals surface area contributed by atoms with Gasteiger partial charge in [-0.1, -0.05) is 32.3 Å². The fourth-order valence-electron chi connectivity index (χ4n) is 4.03. The van der Waals surface area contributed by atoms with E-state index >= 15 is 0 Å². The van der Waals surface area contributed by atoms with Gasteiger partial charge in [0.1, 0.15) is 11.4 Å². The lowest BCUT2D eigenvalue weighted by Gasteiger charge is -2.11. The summed E-state index contributed by atoms with van der Waals surface area (Å²) in [5, 5.41) is 11.0. The van der Waals surface area contributed by atoms with E-state index in [0.29, 0.717) is 32.6 Å². The quantitative estimate of drug-likeness (QED) is 0.269. The van der Waals surface area contributed by atoms with Crippen molar-refractivity contribution in [3.05, 3.63) is 74.6 Å². The first kappa shape index (κ1) is 24.5. The van der Waals surface area contributed by atoms with Gasteiger partial charge in [0.05, 0.1) is 16.9 Å². The highest BCUT2D eigenvalue weighted by atomic mass is 79.9. The monoisotopic (exact) mass is 586 g/mol. The number of anilines is 2. The van der Waals surface area contributed by atoms with Gasteiger partial charge in [-0.15, -0.1) is 0 Å². The van der Waals surface area contributed by atoms with E-state index in [2.05, 4.69) is 45.8 Å². The van der Waals surface area contributed by atoms with Crippen molar-refractivity contribution in [1.82, 2.24) is 19.9 Å². The highest BCUT2D eigenvalue weighted by molar-refractivity contribution is 9.10. The van der Waals surface area contributed by atoms with Crippen LogP contribution in [0, 0.1) is 13.8 Å². The summed E-state index contributed by atoms with van der Waals surface area (Å²) in [7, 11) is -2.24. The first-order valence-electron chi connectivity index (χ1n) is 10.8. The number of aromatic amines is 1. The Kier molecular flexibility index (Phi) is 6.00. The molecule has 0 saturated carbocycles. The molecule has 3 aromatic heterocycles. The Balaban J connectivity index is 1.46. The van der Waals surface area contributed by atoms with Gasteiger partial charge in [0, 0.05) is 22.5 Å². The maximum Gasteiger partial charge on any atom is 0.439 e. The number of rotatable bonds is 6. The average molecular weight is 587 g/mol. The van der Waals surface area contributed by atoms with Crippen LogP contribution in [0.3, 0.4) is 0 Å². The largest absolute Gasteiger partial charge is 0.439 e. The lowest BCUT2D eigenvalue weighted by molar-refractivity contribution is 0.101. The normalized spacial score (nSPS) is 11.7. The van der Waals surface area contributed by atoms with Gasteiger partial charge < -0.3 is 14.4 Å². The second-order valence-electron chi connectivity index (χ2n) is 8.21. The molecule has 0 bridgehead atoms. The van der Waals surface area contributed by atoms with Crippen LogP contribution < -0.4 is 15.8 Å². The third-order valence-corrected chi connectivity index (χ3v) is 7.81. The van der Waals surface area contributed by atoms with E-state index in [-0.39, 0.29) is 22.2 Å². The molecule has 14 heteroatoms. The van der Waals surface area contributed by atoms with Gasteiger partial charge in [-0.2, -0.15) is 0 Å². The Morgan fingerprint density at radius 3 is 2.54 bits per heavy atom. The molecule has 5 aromatic rings. The van der Waals surface area contributed by atoms with Gasteiger partial charge >= 0.3 is 5.76 Å². The van der Waals surface area contributed by atoms with E-state index in [1.165, 1.54) is 6.92 Å². The number of hydrogen-bond acceptors (Lipinski definition) is 8. The minimum Gasteiger partial charge on any atom is -0.360 e. The zero-order valence-electron chi connectivity index (χ0n) is 19.6. The molecule has 12 nitrogen and oxygen atoms in total. The van der Waals surface area contributed by atoms with Crippen molar-refractivity contribution in [2.24, 2.45) is 7.05 Å². The van der Waals surface area contributed by atoms with Gasteiger partial charge in [0.25, 0.3) is 15.9 Å².